The number of hydrazone groups is 1. The number of carbonyl (C=O) groups excluding carboxylic acids is 2. The molecule has 168 valence electrons. The molecule has 0 aliphatic carbocycles. The number of anilines is 3. The van der Waals surface area contributed by atoms with Crippen molar-refractivity contribution in [3.63, 3.8) is 0 Å². The molecule has 2 aliphatic rings. The first kappa shape index (κ1) is 20.8. The highest BCUT2D eigenvalue weighted by Crippen LogP contribution is 2.29. The Labute approximate surface area is 189 Å². The number of halogens is 1. The quantitative estimate of drug-likeness (QED) is 0.621. The van der Waals surface area contributed by atoms with E-state index in [2.05, 4.69) is 20.3 Å². The van der Waals surface area contributed by atoms with E-state index in [1.807, 2.05) is 24.3 Å². The highest BCUT2D eigenvalue weighted by atomic mass is 19.1. The largest absolute Gasteiger partial charge is 0.368 e. The van der Waals surface area contributed by atoms with Gasteiger partial charge in [0.05, 0.1) is 16.7 Å². The number of rotatable bonds is 5. The molecule has 1 saturated heterocycles. The van der Waals surface area contributed by atoms with Crippen molar-refractivity contribution in [1.82, 2.24) is 9.97 Å². The van der Waals surface area contributed by atoms with Gasteiger partial charge in [0.1, 0.15) is 17.6 Å². The van der Waals surface area contributed by atoms with Crippen molar-refractivity contribution in [2.24, 2.45) is 10.8 Å². The van der Waals surface area contributed by atoms with Crippen LogP contribution in [0.25, 0.3) is 11.0 Å². The van der Waals surface area contributed by atoms with Crippen molar-refractivity contribution in [3.05, 3.63) is 54.3 Å². The van der Waals surface area contributed by atoms with E-state index >= 15 is 0 Å². The molecule has 3 N–H and O–H groups in total. The van der Waals surface area contributed by atoms with Crippen LogP contribution in [0.4, 0.5) is 21.7 Å². The van der Waals surface area contributed by atoms with Gasteiger partial charge in [-0.25, -0.2) is 14.4 Å². The first-order valence-corrected chi connectivity index (χ1v) is 10.7. The highest BCUT2D eigenvalue weighted by molar-refractivity contribution is 6.44. The lowest BCUT2D eigenvalue weighted by Gasteiger charge is -2.20. The average Bonchev–Trinajstić information content (AvgIpc) is 3.50. The Kier molecular flexibility index (Phi) is 5.33. The zero-order valence-corrected chi connectivity index (χ0v) is 17.7. The lowest BCUT2D eigenvalue weighted by molar-refractivity contribution is -0.119. The fourth-order valence-electron chi connectivity index (χ4n) is 4.10. The first-order valence-electron chi connectivity index (χ1n) is 10.7. The predicted octanol–water partition coefficient (Wildman–Crippen LogP) is 2.43. The number of hydrogen-bond acceptors (Lipinski definition) is 7. The summed E-state index contributed by atoms with van der Waals surface area (Å²) in [6.07, 6.45) is 2.11. The number of primary amides is 1. The third-order valence-electron chi connectivity index (χ3n) is 5.78. The average molecular weight is 447 g/mol. The van der Waals surface area contributed by atoms with E-state index in [4.69, 9.17) is 10.7 Å². The van der Waals surface area contributed by atoms with Crippen LogP contribution in [0.2, 0.25) is 0 Å². The predicted molar refractivity (Wildman–Crippen MR) is 124 cm³/mol. The van der Waals surface area contributed by atoms with Crippen molar-refractivity contribution in [2.45, 2.75) is 25.3 Å². The SMILES string of the molecule is NC(=O)C1CC(C(=O)Nc2nc3ccccc3nc2N2CCCC2)=NN1c1ccc(F)cc1. The van der Waals surface area contributed by atoms with Crippen molar-refractivity contribution in [2.75, 3.05) is 28.3 Å². The molecular weight excluding hydrogens is 425 g/mol. The van der Waals surface area contributed by atoms with Crippen LogP contribution in [0.15, 0.2) is 53.6 Å². The third-order valence-corrected chi connectivity index (χ3v) is 5.78. The molecule has 1 aromatic heterocycles. The van der Waals surface area contributed by atoms with Gasteiger partial charge in [0.15, 0.2) is 11.6 Å². The normalized spacial score (nSPS) is 18.0. The maximum Gasteiger partial charge on any atom is 0.273 e. The van der Waals surface area contributed by atoms with Crippen LogP contribution < -0.4 is 21.0 Å². The molecule has 2 amide bonds. The topological polar surface area (TPSA) is 117 Å². The molecule has 0 spiro atoms. The Balaban J connectivity index is 1.46. The number of benzene rings is 2. The number of amides is 2. The molecule has 1 unspecified atom stereocenters. The van der Waals surface area contributed by atoms with Crippen molar-refractivity contribution < 1.29 is 14.0 Å². The number of nitrogens with two attached hydrogens (primary N) is 1. The van der Waals surface area contributed by atoms with Crippen molar-refractivity contribution in [1.29, 1.82) is 0 Å². The molecule has 1 atom stereocenters. The molecule has 0 radical (unpaired) electrons. The van der Waals surface area contributed by atoms with Gasteiger partial charge in [0, 0.05) is 19.5 Å². The summed E-state index contributed by atoms with van der Waals surface area (Å²) in [5.41, 5.74) is 7.55. The van der Waals surface area contributed by atoms with Crippen molar-refractivity contribution in [3.8, 4) is 0 Å². The van der Waals surface area contributed by atoms with E-state index in [-0.39, 0.29) is 12.1 Å². The Bertz CT molecular complexity index is 1260. The van der Waals surface area contributed by atoms with Gasteiger partial charge in [-0.3, -0.25) is 14.6 Å². The maximum atomic E-state index is 13.3. The maximum absolute atomic E-state index is 13.3. The minimum absolute atomic E-state index is 0.0264. The number of aromatic nitrogens is 2. The lowest BCUT2D eigenvalue weighted by atomic mass is 10.1. The second-order valence-electron chi connectivity index (χ2n) is 8.02. The summed E-state index contributed by atoms with van der Waals surface area (Å²) < 4.78 is 13.3. The minimum atomic E-state index is -0.850. The van der Waals surface area contributed by atoms with Crippen LogP contribution in [0, 0.1) is 5.82 Å². The molecule has 33 heavy (non-hydrogen) atoms. The standard InChI is InChI=1S/C23H22FN7O2/c24-14-7-9-15(10-8-14)31-19(20(25)32)13-18(29-31)23(33)28-21-22(30-11-3-4-12-30)27-17-6-2-1-5-16(17)26-21/h1-2,5-10,19H,3-4,11-13H2,(H2,25,32)(H,26,28,33). The fraction of sp³-hybridized carbons (Fsp3) is 0.261. The van der Waals surface area contributed by atoms with Crippen LogP contribution in [0.5, 0.6) is 0 Å². The molecule has 9 nitrogen and oxygen atoms in total. The van der Waals surface area contributed by atoms with Crippen LogP contribution in [0.3, 0.4) is 0 Å². The molecule has 3 aromatic rings. The van der Waals surface area contributed by atoms with Gasteiger partial charge in [0.2, 0.25) is 5.91 Å². The molecule has 0 saturated carbocycles. The summed E-state index contributed by atoms with van der Waals surface area (Å²) in [5, 5.41) is 8.52. The van der Waals surface area contributed by atoms with Gasteiger partial charge in [-0.2, -0.15) is 5.10 Å². The number of nitrogens with zero attached hydrogens (tertiary/aromatic N) is 5. The number of para-hydroxylation sites is 2. The first-order chi connectivity index (χ1) is 16.0. The smallest absolute Gasteiger partial charge is 0.273 e. The Morgan fingerprint density at radius 3 is 2.33 bits per heavy atom. The van der Waals surface area contributed by atoms with E-state index in [0.717, 1.165) is 31.4 Å². The zero-order valence-electron chi connectivity index (χ0n) is 17.7. The van der Waals surface area contributed by atoms with Crippen LogP contribution in [0.1, 0.15) is 19.3 Å². The number of nitrogens with one attached hydrogen (secondary N) is 1. The molecule has 3 heterocycles. The molecule has 0 bridgehead atoms. The summed E-state index contributed by atoms with van der Waals surface area (Å²) in [4.78, 5) is 36.6. The van der Waals surface area contributed by atoms with Crippen LogP contribution in [-0.2, 0) is 9.59 Å². The third kappa shape index (κ3) is 4.07. The second-order valence-corrected chi connectivity index (χ2v) is 8.02. The Morgan fingerprint density at radius 1 is 1.00 bits per heavy atom. The van der Waals surface area contributed by atoms with Gasteiger partial charge in [-0.1, -0.05) is 12.1 Å². The summed E-state index contributed by atoms with van der Waals surface area (Å²) in [5.74, 6) is -0.580. The minimum Gasteiger partial charge on any atom is -0.368 e. The van der Waals surface area contributed by atoms with E-state index in [9.17, 15) is 14.0 Å². The summed E-state index contributed by atoms with van der Waals surface area (Å²) in [6, 6.07) is 12.1. The molecule has 10 heteroatoms. The molecule has 5 rings (SSSR count). The monoisotopic (exact) mass is 447 g/mol. The van der Waals surface area contributed by atoms with E-state index in [1.165, 1.54) is 29.3 Å². The summed E-state index contributed by atoms with van der Waals surface area (Å²) >= 11 is 0. The summed E-state index contributed by atoms with van der Waals surface area (Å²) in [7, 11) is 0. The Morgan fingerprint density at radius 2 is 1.67 bits per heavy atom. The van der Waals surface area contributed by atoms with Crippen molar-refractivity contribution >= 4 is 45.9 Å². The molecule has 2 aromatic carbocycles. The van der Waals surface area contributed by atoms with Gasteiger partial charge in [-0.15, -0.1) is 0 Å². The van der Waals surface area contributed by atoms with Gasteiger partial charge in [0.25, 0.3) is 5.91 Å². The lowest BCUT2D eigenvalue weighted by Crippen LogP contribution is -2.39. The van der Waals surface area contributed by atoms with Crippen LogP contribution >= 0.6 is 0 Å². The fourth-order valence-corrected chi connectivity index (χ4v) is 4.10. The number of fused-ring (bicyclic) bond motifs is 1. The number of carbonyl (C=O) groups is 2. The van der Waals surface area contributed by atoms with Gasteiger partial charge < -0.3 is 16.0 Å². The second kappa shape index (κ2) is 8.45. The van der Waals surface area contributed by atoms with E-state index < -0.39 is 23.7 Å². The van der Waals surface area contributed by atoms with Crippen LogP contribution in [-0.4, -0.2) is 46.6 Å². The number of hydrogen-bond donors (Lipinski definition) is 2. The molecule has 2 aliphatic heterocycles. The Hall–Kier alpha value is -4.08. The van der Waals surface area contributed by atoms with E-state index in [1.54, 1.807) is 0 Å². The van der Waals surface area contributed by atoms with Gasteiger partial charge >= 0.3 is 0 Å². The van der Waals surface area contributed by atoms with E-state index in [0.29, 0.717) is 22.8 Å². The molecule has 1 fully saturated rings. The van der Waals surface area contributed by atoms with Gasteiger partial charge in [-0.05, 0) is 49.2 Å². The summed E-state index contributed by atoms with van der Waals surface area (Å²) in [6.45, 7) is 1.66. The highest BCUT2D eigenvalue weighted by Gasteiger charge is 2.35. The molecular formula is C23H22FN7O2. The zero-order chi connectivity index (χ0) is 22.9.